The van der Waals surface area contributed by atoms with Crippen molar-refractivity contribution in [2.24, 2.45) is 28.6 Å². The maximum atomic E-state index is 14.0. The van der Waals surface area contributed by atoms with Crippen molar-refractivity contribution >= 4 is 17.7 Å². The Hall–Kier alpha value is -2.53. The van der Waals surface area contributed by atoms with Gasteiger partial charge in [-0.05, 0) is 89.2 Å². The van der Waals surface area contributed by atoms with Crippen molar-refractivity contribution in [1.82, 2.24) is 0 Å². The lowest BCUT2D eigenvalue weighted by Gasteiger charge is -2.61. The summed E-state index contributed by atoms with van der Waals surface area (Å²) in [6.45, 7) is 10.9. The minimum atomic E-state index is -1.22. The molecule has 19 atom stereocenters. The predicted molar refractivity (Wildman–Crippen MR) is 204 cm³/mol. The Morgan fingerprint density at radius 2 is 1.53 bits per heavy atom. The van der Waals surface area contributed by atoms with Crippen molar-refractivity contribution in [1.29, 1.82) is 0 Å². The number of carbonyl (C=O) groups is 3. The smallest absolute Gasteiger partial charge is 0.338 e. The van der Waals surface area contributed by atoms with Crippen LogP contribution in [0.3, 0.4) is 0 Å². The number of epoxide rings is 1. The van der Waals surface area contributed by atoms with E-state index in [4.69, 9.17) is 42.6 Å². The number of ketones is 1. The molecule has 1 aromatic carbocycles. The van der Waals surface area contributed by atoms with Gasteiger partial charge in [-0.1, -0.05) is 32.0 Å². The molecule has 0 aromatic heterocycles. The van der Waals surface area contributed by atoms with Gasteiger partial charge in [0, 0.05) is 44.8 Å². The van der Waals surface area contributed by atoms with Crippen LogP contribution in [0.2, 0.25) is 0 Å². The molecule has 3 aliphatic heterocycles. The molecule has 7 aliphatic rings. The molecule has 0 bridgehead atoms. The molecule has 7 fully saturated rings. The number of Topliss-reactive ketones (excluding diaryl/α,β-unsaturated/α-hetero) is 1. The number of aliphatic hydroxyl groups is 2. The standard InChI is InChI=1S/C44H62O14/c1-22(45)29-16-19-44-42(29,6)38(54-25(4)46)36(56-39(49)26-12-10-9-11-13-26)37-41(5)17-15-28(20-27(41)14-18-43(37,44)58-44)55-31-21-30(50-7)34(24(3)52-31)57-40-33(48)35(51-8)32(47)23(2)53-40/h9-13,23-24,27-38,40,47-48H,14-21H2,1-8H3/t23-,24-,27+,28+,29+,30-,31+,32-,33-,34-,35-,36+,37-,38-,40+,41+,42+,43+,44-/m0/s1. The third-order valence-corrected chi connectivity index (χ3v) is 15.8. The summed E-state index contributed by atoms with van der Waals surface area (Å²) in [7, 11) is 3.04. The second kappa shape index (κ2) is 15.4. The van der Waals surface area contributed by atoms with Crippen molar-refractivity contribution in [3.63, 3.8) is 0 Å². The predicted octanol–water partition coefficient (Wildman–Crippen LogP) is 4.29. The van der Waals surface area contributed by atoms with Crippen molar-refractivity contribution < 1.29 is 67.2 Å². The van der Waals surface area contributed by atoms with E-state index in [1.165, 1.54) is 14.0 Å². The van der Waals surface area contributed by atoms with Crippen molar-refractivity contribution in [3.8, 4) is 0 Å². The fourth-order valence-electron chi connectivity index (χ4n) is 13.1. The van der Waals surface area contributed by atoms with Gasteiger partial charge in [0.15, 0.2) is 12.6 Å². The fraction of sp³-hybridized carbons (Fsp3) is 0.795. The van der Waals surface area contributed by atoms with Gasteiger partial charge in [0.2, 0.25) is 0 Å². The molecule has 0 amide bonds. The summed E-state index contributed by atoms with van der Waals surface area (Å²) < 4.78 is 56.6. The Balaban J connectivity index is 1.02. The van der Waals surface area contributed by atoms with Gasteiger partial charge in [-0.25, -0.2) is 4.79 Å². The monoisotopic (exact) mass is 814 g/mol. The van der Waals surface area contributed by atoms with Crippen LogP contribution in [-0.2, 0) is 52.2 Å². The Morgan fingerprint density at radius 3 is 2.21 bits per heavy atom. The normalized spacial score (nSPS) is 49.4. The first-order valence-electron chi connectivity index (χ1n) is 21.2. The number of methoxy groups -OCH3 is 2. The highest BCUT2D eigenvalue weighted by Crippen LogP contribution is 2.81. The summed E-state index contributed by atoms with van der Waals surface area (Å²) >= 11 is 0. The molecular formula is C44H62O14. The molecule has 2 N–H and O–H groups in total. The van der Waals surface area contributed by atoms with Gasteiger partial charge in [-0.3, -0.25) is 9.59 Å². The molecule has 58 heavy (non-hydrogen) atoms. The van der Waals surface area contributed by atoms with Crippen LogP contribution in [0.4, 0.5) is 0 Å². The first-order valence-corrected chi connectivity index (χ1v) is 21.2. The van der Waals surface area contributed by atoms with E-state index in [1.807, 2.05) is 19.9 Å². The molecule has 0 unspecified atom stereocenters. The lowest BCUT2D eigenvalue weighted by molar-refractivity contribution is -0.343. The van der Waals surface area contributed by atoms with Crippen LogP contribution < -0.4 is 0 Å². The van der Waals surface area contributed by atoms with Crippen LogP contribution in [0, 0.1) is 28.6 Å². The largest absolute Gasteiger partial charge is 0.458 e. The van der Waals surface area contributed by atoms with E-state index in [-0.39, 0.29) is 29.1 Å². The number of aliphatic hydroxyl groups excluding tert-OH is 2. The Morgan fingerprint density at radius 1 is 0.793 bits per heavy atom. The molecule has 3 saturated heterocycles. The Kier molecular flexibility index (Phi) is 11.2. The highest BCUT2D eigenvalue weighted by atomic mass is 16.7. The topological polar surface area (TPSA) is 178 Å². The third-order valence-electron chi connectivity index (χ3n) is 15.8. The Bertz CT molecular complexity index is 1710. The van der Waals surface area contributed by atoms with E-state index >= 15 is 0 Å². The molecule has 3 heterocycles. The van der Waals surface area contributed by atoms with E-state index in [1.54, 1.807) is 45.2 Å². The molecule has 4 aliphatic carbocycles. The highest BCUT2D eigenvalue weighted by Gasteiger charge is 2.91. The number of fused-ring (bicyclic) bond motifs is 2. The van der Waals surface area contributed by atoms with Gasteiger partial charge in [0.1, 0.15) is 53.6 Å². The van der Waals surface area contributed by atoms with E-state index in [2.05, 4.69) is 6.92 Å². The van der Waals surface area contributed by atoms with E-state index in [9.17, 15) is 24.6 Å². The number of hydrogen-bond acceptors (Lipinski definition) is 14. The SMILES string of the molecule is CO[C@@H]1[C@H](O)[C@@H](O[C@H]2[C@H](C)O[C@H](O[C@@H]3CC[C@]4(C)[C@H](CC[C@]56O[C@]57CC[C@H](C(C)=O)[C@]7(C)[C@@H](OC(C)=O)[C@H](OC(=O)c5ccccc5)[C@@H]46)C3)C[C@@H]2OC)O[C@@H](C)[C@@H]1O. The van der Waals surface area contributed by atoms with Crippen LogP contribution in [-0.4, -0.2) is 127 Å². The van der Waals surface area contributed by atoms with Crippen LogP contribution in [0.5, 0.6) is 0 Å². The lowest BCUT2D eigenvalue weighted by Crippen LogP contribution is -2.70. The second-order valence-corrected chi connectivity index (χ2v) is 18.6. The molecule has 1 aromatic rings. The van der Waals surface area contributed by atoms with Crippen LogP contribution in [0.1, 0.15) is 103 Å². The van der Waals surface area contributed by atoms with Gasteiger partial charge < -0.3 is 52.8 Å². The highest BCUT2D eigenvalue weighted by molar-refractivity contribution is 5.89. The van der Waals surface area contributed by atoms with Gasteiger partial charge >= 0.3 is 11.9 Å². The van der Waals surface area contributed by atoms with Crippen LogP contribution in [0.25, 0.3) is 0 Å². The van der Waals surface area contributed by atoms with Crippen molar-refractivity contribution in [2.75, 3.05) is 14.2 Å². The zero-order chi connectivity index (χ0) is 41.5. The first-order chi connectivity index (χ1) is 27.5. The van der Waals surface area contributed by atoms with Gasteiger partial charge in [-0.15, -0.1) is 0 Å². The molecule has 322 valence electrons. The van der Waals surface area contributed by atoms with Crippen LogP contribution >= 0.6 is 0 Å². The maximum Gasteiger partial charge on any atom is 0.338 e. The number of hydrogen-bond donors (Lipinski definition) is 2. The minimum absolute atomic E-state index is 0.0215. The number of ether oxygens (including phenoxy) is 9. The molecule has 2 spiro atoms. The maximum absolute atomic E-state index is 14.0. The zero-order valence-corrected chi connectivity index (χ0v) is 35.0. The first kappa shape index (κ1) is 42.2. The second-order valence-electron chi connectivity index (χ2n) is 18.6. The van der Waals surface area contributed by atoms with E-state index < -0.39 is 102 Å². The van der Waals surface area contributed by atoms with Gasteiger partial charge in [0.05, 0.1) is 30.0 Å². The average Bonchev–Trinajstić information content (AvgIpc) is 3.74. The summed E-state index contributed by atoms with van der Waals surface area (Å²) in [5, 5.41) is 21.4. The average molecular weight is 815 g/mol. The van der Waals surface area contributed by atoms with Crippen molar-refractivity contribution in [2.45, 2.75) is 178 Å². The number of rotatable bonds is 10. The Labute approximate surface area is 340 Å². The van der Waals surface area contributed by atoms with E-state index in [0.29, 0.717) is 31.2 Å². The van der Waals surface area contributed by atoms with E-state index in [0.717, 1.165) is 25.7 Å². The summed E-state index contributed by atoms with van der Waals surface area (Å²) in [4.78, 5) is 40.3. The fourth-order valence-corrected chi connectivity index (χ4v) is 13.1. The molecular weight excluding hydrogens is 752 g/mol. The molecule has 8 rings (SSSR count). The summed E-state index contributed by atoms with van der Waals surface area (Å²) in [6.07, 6.45) is -3.22. The summed E-state index contributed by atoms with van der Waals surface area (Å²) in [6, 6.07) is 8.86. The molecule has 0 radical (unpaired) electrons. The third kappa shape index (κ3) is 6.42. The number of esters is 2. The summed E-state index contributed by atoms with van der Waals surface area (Å²) in [5.74, 6) is -1.51. The molecule has 14 nitrogen and oxygen atoms in total. The number of benzene rings is 1. The zero-order valence-electron chi connectivity index (χ0n) is 35.0. The number of carbonyl (C=O) groups excluding carboxylic acids is 3. The van der Waals surface area contributed by atoms with Gasteiger partial charge in [-0.2, -0.15) is 0 Å². The molecule has 14 heteroatoms. The quantitative estimate of drug-likeness (QED) is 0.194. The minimum Gasteiger partial charge on any atom is -0.458 e. The molecule has 4 saturated carbocycles. The lowest BCUT2D eigenvalue weighted by atomic mass is 9.43. The van der Waals surface area contributed by atoms with Crippen molar-refractivity contribution in [3.05, 3.63) is 35.9 Å². The summed E-state index contributed by atoms with van der Waals surface area (Å²) in [5.41, 5.74) is -2.18. The van der Waals surface area contributed by atoms with Crippen LogP contribution in [0.15, 0.2) is 30.3 Å². The van der Waals surface area contributed by atoms with Gasteiger partial charge in [0.25, 0.3) is 0 Å².